The highest BCUT2D eigenvalue weighted by Crippen LogP contribution is 2.29. The summed E-state index contributed by atoms with van der Waals surface area (Å²) in [6.45, 7) is 0. The Kier molecular flexibility index (Phi) is 4.72. The van der Waals surface area contributed by atoms with Crippen molar-refractivity contribution in [2.24, 2.45) is 11.7 Å². The van der Waals surface area contributed by atoms with Gasteiger partial charge in [0.2, 0.25) is 5.91 Å². The van der Waals surface area contributed by atoms with Gasteiger partial charge >= 0.3 is 0 Å². The van der Waals surface area contributed by atoms with Crippen LogP contribution in [0.25, 0.3) is 0 Å². The van der Waals surface area contributed by atoms with Gasteiger partial charge in [0.25, 0.3) is 5.69 Å². The number of amides is 1. The maximum Gasteiger partial charge on any atom is 0.271 e. The van der Waals surface area contributed by atoms with E-state index in [4.69, 9.17) is 5.73 Å². The van der Waals surface area contributed by atoms with Gasteiger partial charge in [0.1, 0.15) is 0 Å². The molecule has 3 N–H and O–H groups in total. The number of halogens is 1. The van der Waals surface area contributed by atoms with E-state index in [0.717, 1.165) is 25.7 Å². The Morgan fingerprint density at radius 1 is 1.40 bits per heavy atom. The van der Waals surface area contributed by atoms with Crippen molar-refractivity contribution < 1.29 is 9.72 Å². The number of nitro benzene ring substituents is 1. The van der Waals surface area contributed by atoms with Crippen LogP contribution in [0, 0.1) is 16.0 Å². The highest BCUT2D eigenvalue weighted by molar-refractivity contribution is 9.10. The summed E-state index contributed by atoms with van der Waals surface area (Å²) in [6, 6.07) is 4.14. The Morgan fingerprint density at radius 2 is 2.10 bits per heavy atom. The van der Waals surface area contributed by atoms with Crippen molar-refractivity contribution in [3.05, 3.63) is 32.8 Å². The molecule has 0 radical (unpaired) electrons. The first-order chi connectivity index (χ1) is 9.49. The van der Waals surface area contributed by atoms with E-state index in [1.165, 1.54) is 12.1 Å². The normalized spacial score (nSPS) is 22.3. The Labute approximate surface area is 125 Å². The molecule has 0 aromatic heterocycles. The van der Waals surface area contributed by atoms with E-state index in [9.17, 15) is 14.9 Å². The average molecular weight is 342 g/mol. The Morgan fingerprint density at radius 3 is 2.75 bits per heavy atom. The lowest BCUT2D eigenvalue weighted by atomic mass is 9.84. The molecule has 0 spiro atoms. The number of carbonyl (C=O) groups is 1. The molecule has 2 atom stereocenters. The van der Waals surface area contributed by atoms with Crippen LogP contribution in [0.5, 0.6) is 0 Å². The van der Waals surface area contributed by atoms with Crippen LogP contribution in [0.2, 0.25) is 0 Å². The second-order valence-electron chi connectivity index (χ2n) is 4.97. The molecular weight excluding hydrogens is 326 g/mol. The minimum absolute atomic E-state index is 0.0588. The summed E-state index contributed by atoms with van der Waals surface area (Å²) in [6.07, 6.45) is 3.64. The number of anilines is 1. The first-order valence-corrected chi connectivity index (χ1v) is 7.28. The van der Waals surface area contributed by atoms with Gasteiger partial charge in [-0.2, -0.15) is 0 Å². The second kappa shape index (κ2) is 6.32. The van der Waals surface area contributed by atoms with E-state index in [2.05, 4.69) is 21.2 Å². The van der Waals surface area contributed by atoms with Crippen molar-refractivity contribution in [1.29, 1.82) is 0 Å². The third kappa shape index (κ3) is 3.34. The zero-order valence-electron chi connectivity index (χ0n) is 10.8. The van der Waals surface area contributed by atoms with E-state index in [0.29, 0.717) is 10.2 Å². The number of rotatable bonds is 3. The van der Waals surface area contributed by atoms with Gasteiger partial charge in [0.05, 0.1) is 16.5 Å². The first-order valence-electron chi connectivity index (χ1n) is 6.49. The summed E-state index contributed by atoms with van der Waals surface area (Å²) >= 11 is 3.28. The molecular formula is C13H16BrN3O3. The molecule has 1 aromatic carbocycles. The molecule has 1 saturated carbocycles. The summed E-state index contributed by atoms with van der Waals surface area (Å²) in [5.74, 6) is -0.395. The van der Waals surface area contributed by atoms with Crippen molar-refractivity contribution in [2.75, 3.05) is 5.32 Å². The van der Waals surface area contributed by atoms with Gasteiger partial charge in [-0.05, 0) is 34.8 Å². The summed E-state index contributed by atoms with van der Waals surface area (Å²) in [5.41, 5.74) is 6.31. The summed E-state index contributed by atoms with van der Waals surface area (Å²) in [7, 11) is 0. The van der Waals surface area contributed by atoms with Gasteiger partial charge in [0.15, 0.2) is 0 Å². The summed E-state index contributed by atoms with van der Waals surface area (Å²) < 4.78 is 0.612. The largest absolute Gasteiger partial charge is 0.327 e. The smallest absolute Gasteiger partial charge is 0.271 e. The Hall–Kier alpha value is -1.47. The van der Waals surface area contributed by atoms with Gasteiger partial charge in [-0.3, -0.25) is 14.9 Å². The summed E-state index contributed by atoms with van der Waals surface area (Å²) in [4.78, 5) is 22.5. The molecule has 7 heteroatoms. The number of nitro groups is 1. The third-order valence-electron chi connectivity index (χ3n) is 3.57. The number of carbonyl (C=O) groups excluding carboxylic acids is 1. The maximum atomic E-state index is 12.2. The van der Waals surface area contributed by atoms with Crippen molar-refractivity contribution >= 4 is 33.2 Å². The highest BCUT2D eigenvalue weighted by Gasteiger charge is 2.28. The number of non-ortho nitro benzene ring substituents is 1. The zero-order chi connectivity index (χ0) is 14.7. The fourth-order valence-electron chi connectivity index (χ4n) is 2.43. The van der Waals surface area contributed by atoms with Gasteiger partial charge < -0.3 is 11.1 Å². The maximum absolute atomic E-state index is 12.2. The fraction of sp³-hybridized carbons (Fsp3) is 0.462. The van der Waals surface area contributed by atoms with Crippen LogP contribution in [0.3, 0.4) is 0 Å². The number of nitrogens with one attached hydrogen (secondary N) is 1. The van der Waals surface area contributed by atoms with Crippen molar-refractivity contribution in [3.63, 3.8) is 0 Å². The van der Waals surface area contributed by atoms with Crippen LogP contribution >= 0.6 is 15.9 Å². The lowest BCUT2D eigenvalue weighted by Gasteiger charge is -2.27. The molecule has 20 heavy (non-hydrogen) atoms. The molecule has 2 rings (SSSR count). The van der Waals surface area contributed by atoms with Gasteiger partial charge in [0, 0.05) is 22.6 Å². The van der Waals surface area contributed by atoms with Gasteiger partial charge in [-0.25, -0.2) is 0 Å². The quantitative estimate of drug-likeness (QED) is 0.652. The topological polar surface area (TPSA) is 98.3 Å². The van der Waals surface area contributed by atoms with Crippen molar-refractivity contribution in [3.8, 4) is 0 Å². The predicted molar refractivity (Wildman–Crippen MR) is 79.4 cm³/mol. The van der Waals surface area contributed by atoms with E-state index in [-0.39, 0.29) is 23.6 Å². The average Bonchev–Trinajstić information content (AvgIpc) is 2.41. The van der Waals surface area contributed by atoms with Gasteiger partial charge in [-0.15, -0.1) is 0 Å². The van der Waals surface area contributed by atoms with Crippen LogP contribution in [0.15, 0.2) is 22.7 Å². The third-order valence-corrected chi connectivity index (χ3v) is 4.27. The number of nitrogens with two attached hydrogens (primary N) is 1. The first kappa shape index (κ1) is 14.9. The molecule has 0 bridgehead atoms. The van der Waals surface area contributed by atoms with Crippen LogP contribution in [0.1, 0.15) is 25.7 Å². The molecule has 1 fully saturated rings. The number of benzene rings is 1. The van der Waals surface area contributed by atoms with E-state index in [1.807, 2.05) is 0 Å². The molecule has 6 nitrogen and oxygen atoms in total. The standard InChI is InChI=1S/C13H16BrN3O3/c14-10-6-5-8(17(19)20)7-12(10)16-13(18)9-3-1-2-4-11(9)15/h5-7,9,11H,1-4,15H2,(H,16,18). The second-order valence-corrected chi connectivity index (χ2v) is 5.82. The van der Waals surface area contributed by atoms with Crippen molar-refractivity contribution in [2.45, 2.75) is 31.7 Å². The van der Waals surface area contributed by atoms with Crippen LogP contribution < -0.4 is 11.1 Å². The molecule has 1 aromatic rings. The predicted octanol–water partition coefficient (Wildman–Crippen LogP) is 2.81. The lowest BCUT2D eigenvalue weighted by molar-refractivity contribution is -0.384. The fourth-order valence-corrected chi connectivity index (χ4v) is 2.78. The molecule has 1 amide bonds. The lowest BCUT2D eigenvalue weighted by Crippen LogP contribution is -2.40. The van der Waals surface area contributed by atoms with E-state index >= 15 is 0 Å². The SMILES string of the molecule is NC1CCCCC1C(=O)Nc1cc([N+](=O)[O-])ccc1Br. The minimum Gasteiger partial charge on any atom is -0.327 e. The van der Waals surface area contributed by atoms with Gasteiger partial charge in [-0.1, -0.05) is 12.8 Å². The number of hydrogen-bond donors (Lipinski definition) is 2. The van der Waals surface area contributed by atoms with Crippen LogP contribution in [-0.4, -0.2) is 16.9 Å². The summed E-state index contributed by atoms with van der Waals surface area (Å²) in [5, 5.41) is 13.5. The van der Waals surface area contributed by atoms with E-state index in [1.54, 1.807) is 6.07 Å². The molecule has 0 aliphatic heterocycles. The number of nitrogens with zero attached hydrogens (tertiary/aromatic N) is 1. The van der Waals surface area contributed by atoms with Crippen LogP contribution in [0.4, 0.5) is 11.4 Å². The molecule has 0 heterocycles. The molecule has 0 saturated heterocycles. The van der Waals surface area contributed by atoms with E-state index < -0.39 is 4.92 Å². The minimum atomic E-state index is -0.492. The van der Waals surface area contributed by atoms with Crippen LogP contribution in [-0.2, 0) is 4.79 Å². The Balaban J connectivity index is 2.14. The molecule has 2 unspecified atom stereocenters. The highest BCUT2D eigenvalue weighted by atomic mass is 79.9. The number of hydrogen-bond acceptors (Lipinski definition) is 4. The Bertz CT molecular complexity index is 536. The zero-order valence-corrected chi connectivity index (χ0v) is 12.4. The molecule has 1 aliphatic rings. The molecule has 1 aliphatic carbocycles. The molecule has 108 valence electrons. The monoisotopic (exact) mass is 341 g/mol. The van der Waals surface area contributed by atoms with Crippen molar-refractivity contribution in [1.82, 2.24) is 0 Å².